The van der Waals surface area contributed by atoms with Gasteiger partial charge in [-0.05, 0) is 0 Å². The fraction of sp³-hybridized carbons (Fsp3) is 0.714. The minimum atomic E-state index is -0.530. The third-order valence-electron chi connectivity index (χ3n) is 2.97. The number of esters is 1. The molecule has 6 nitrogen and oxygen atoms in total. The molecule has 0 bridgehead atoms. The number of nitrogens with zero attached hydrogens (tertiary/aromatic N) is 2. The van der Waals surface area contributed by atoms with Crippen molar-refractivity contribution in [3.63, 3.8) is 0 Å². The highest BCUT2D eigenvalue weighted by Gasteiger charge is 2.30. The van der Waals surface area contributed by atoms with Crippen LogP contribution in [0.25, 0.3) is 0 Å². The summed E-state index contributed by atoms with van der Waals surface area (Å²) < 4.78 is 11.6. The molecule has 1 aromatic heterocycles. The summed E-state index contributed by atoms with van der Waals surface area (Å²) in [6.07, 6.45) is 1.86. The molecule has 0 saturated carbocycles. The van der Waals surface area contributed by atoms with Gasteiger partial charge in [0.05, 0.1) is 19.4 Å². The van der Waals surface area contributed by atoms with Crippen LogP contribution in [-0.4, -0.2) is 43.1 Å². The van der Waals surface area contributed by atoms with Crippen molar-refractivity contribution < 1.29 is 14.3 Å². The number of ether oxygens (including phenoxy) is 2. The summed E-state index contributed by atoms with van der Waals surface area (Å²) in [4.78, 5) is 12.0. The van der Waals surface area contributed by atoms with Gasteiger partial charge in [-0.1, -0.05) is 20.8 Å². The fourth-order valence-electron chi connectivity index (χ4n) is 2.04. The number of hydrogen-bond acceptors (Lipinski definition) is 5. The first kappa shape index (κ1) is 16.7. The molecule has 1 atom stereocenters. The highest BCUT2D eigenvalue weighted by atomic mass is 16.5. The molecule has 1 N–H and O–H groups in total. The quantitative estimate of drug-likeness (QED) is 0.627. The molecule has 0 fully saturated rings. The Bertz CT molecular complexity index is 449. The molecule has 20 heavy (non-hydrogen) atoms. The van der Waals surface area contributed by atoms with Gasteiger partial charge in [0.2, 0.25) is 0 Å². The van der Waals surface area contributed by atoms with Crippen LogP contribution in [0.4, 0.5) is 0 Å². The first-order valence-corrected chi connectivity index (χ1v) is 6.65. The lowest BCUT2D eigenvalue weighted by atomic mass is 9.87. The van der Waals surface area contributed by atoms with Crippen molar-refractivity contribution in [1.29, 1.82) is 0 Å². The number of methoxy groups -OCH3 is 2. The zero-order valence-corrected chi connectivity index (χ0v) is 13.2. The summed E-state index contributed by atoms with van der Waals surface area (Å²) in [5.41, 5.74) is 1.59. The molecule has 0 aliphatic rings. The first-order chi connectivity index (χ1) is 9.31. The van der Waals surface area contributed by atoms with Gasteiger partial charge in [0.15, 0.2) is 0 Å². The average molecular weight is 283 g/mol. The third kappa shape index (κ3) is 4.05. The average Bonchev–Trinajstić information content (AvgIpc) is 2.75. The number of nitrogens with one attached hydrogen (secondary N) is 1. The molecule has 0 radical (unpaired) electrons. The highest BCUT2D eigenvalue weighted by molar-refractivity contribution is 5.78. The lowest BCUT2D eigenvalue weighted by molar-refractivity contribution is -0.143. The SMILES string of the molecule is COCCNC(C(=O)OC)c1cn(C)nc1C(C)(C)C. The van der Waals surface area contributed by atoms with Gasteiger partial charge in [-0.2, -0.15) is 5.10 Å². The lowest BCUT2D eigenvalue weighted by Gasteiger charge is -2.22. The van der Waals surface area contributed by atoms with Gasteiger partial charge >= 0.3 is 5.97 Å². The summed E-state index contributed by atoms with van der Waals surface area (Å²) in [5, 5.41) is 7.65. The molecule has 1 heterocycles. The summed E-state index contributed by atoms with van der Waals surface area (Å²) in [6.45, 7) is 7.31. The van der Waals surface area contributed by atoms with Crippen LogP contribution in [0.5, 0.6) is 0 Å². The standard InChI is InChI=1S/C14H25N3O3/c1-14(2,3)12-10(9-17(4)16-12)11(13(18)20-6)15-7-8-19-5/h9,11,15H,7-8H2,1-6H3. The van der Waals surface area contributed by atoms with Crippen LogP contribution < -0.4 is 5.32 Å². The molecule has 0 saturated heterocycles. The summed E-state index contributed by atoms with van der Waals surface area (Å²) in [7, 11) is 4.86. The van der Waals surface area contributed by atoms with Gasteiger partial charge in [-0.15, -0.1) is 0 Å². The zero-order chi connectivity index (χ0) is 15.3. The van der Waals surface area contributed by atoms with Gasteiger partial charge in [-0.25, -0.2) is 4.79 Å². The molecule has 0 aromatic carbocycles. The van der Waals surface area contributed by atoms with E-state index in [1.807, 2.05) is 13.2 Å². The molecular formula is C14H25N3O3. The second-order valence-electron chi connectivity index (χ2n) is 5.76. The van der Waals surface area contributed by atoms with E-state index < -0.39 is 6.04 Å². The number of carbonyl (C=O) groups excluding carboxylic acids is 1. The Morgan fingerprint density at radius 1 is 1.45 bits per heavy atom. The Labute approximate surface area is 120 Å². The molecule has 1 aromatic rings. The zero-order valence-electron chi connectivity index (χ0n) is 13.2. The van der Waals surface area contributed by atoms with Gasteiger partial charge in [-0.3, -0.25) is 10.00 Å². The number of hydrogen-bond donors (Lipinski definition) is 1. The topological polar surface area (TPSA) is 65.4 Å². The van der Waals surface area contributed by atoms with E-state index in [1.165, 1.54) is 7.11 Å². The van der Waals surface area contributed by atoms with Crippen molar-refractivity contribution in [2.75, 3.05) is 27.4 Å². The van der Waals surface area contributed by atoms with Gasteiger partial charge in [0, 0.05) is 37.9 Å². The van der Waals surface area contributed by atoms with E-state index in [9.17, 15) is 4.79 Å². The molecule has 0 aliphatic carbocycles. The number of aromatic nitrogens is 2. The largest absolute Gasteiger partial charge is 0.468 e. The van der Waals surface area contributed by atoms with Gasteiger partial charge in [0.1, 0.15) is 6.04 Å². The van der Waals surface area contributed by atoms with Crippen LogP contribution in [0.3, 0.4) is 0 Å². The van der Waals surface area contributed by atoms with Crippen molar-refractivity contribution in [3.8, 4) is 0 Å². The van der Waals surface area contributed by atoms with E-state index in [0.29, 0.717) is 13.2 Å². The number of carbonyl (C=O) groups is 1. The Morgan fingerprint density at radius 3 is 2.60 bits per heavy atom. The van der Waals surface area contributed by atoms with Crippen LogP contribution in [0, 0.1) is 0 Å². The van der Waals surface area contributed by atoms with Crippen molar-refractivity contribution in [2.24, 2.45) is 7.05 Å². The summed E-state index contributed by atoms with van der Waals surface area (Å²) in [6, 6.07) is -0.530. The molecule has 1 unspecified atom stereocenters. The van der Waals surface area contributed by atoms with Gasteiger partial charge in [0.25, 0.3) is 0 Å². The molecule has 0 aliphatic heterocycles. The highest BCUT2D eigenvalue weighted by Crippen LogP contribution is 2.28. The fourth-order valence-corrected chi connectivity index (χ4v) is 2.04. The predicted octanol–water partition coefficient (Wildman–Crippen LogP) is 1.17. The van der Waals surface area contributed by atoms with E-state index in [2.05, 4.69) is 31.2 Å². The molecule has 1 rings (SSSR count). The van der Waals surface area contributed by atoms with Crippen LogP contribution in [0.2, 0.25) is 0 Å². The monoisotopic (exact) mass is 283 g/mol. The molecule has 0 amide bonds. The van der Waals surface area contributed by atoms with Gasteiger partial charge < -0.3 is 9.47 Å². The molecule has 6 heteroatoms. The van der Waals surface area contributed by atoms with Crippen LogP contribution in [-0.2, 0) is 26.7 Å². The Balaban J connectivity index is 3.10. The van der Waals surface area contributed by atoms with E-state index in [-0.39, 0.29) is 11.4 Å². The van der Waals surface area contributed by atoms with Crippen LogP contribution >= 0.6 is 0 Å². The number of rotatable bonds is 6. The molecular weight excluding hydrogens is 258 g/mol. The third-order valence-corrected chi connectivity index (χ3v) is 2.97. The lowest BCUT2D eigenvalue weighted by Crippen LogP contribution is -2.33. The van der Waals surface area contributed by atoms with E-state index in [4.69, 9.17) is 9.47 Å². The van der Waals surface area contributed by atoms with Crippen molar-refractivity contribution in [3.05, 3.63) is 17.5 Å². The smallest absolute Gasteiger partial charge is 0.327 e. The minimum Gasteiger partial charge on any atom is -0.468 e. The molecule has 0 spiro atoms. The van der Waals surface area contributed by atoms with Crippen LogP contribution in [0.15, 0.2) is 6.20 Å². The Morgan fingerprint density at radius 2 is 2.10 bits per heavy atom. The van der Waals surface area contributed by atoms with E-state index in [0.717, 1.165) is 11.3 Å². The maximum Gasteiger partial charge on any atom is 0.327 e. The van der Waals surface area contributed by atoms with E-state index >= 15 is 0 Å². The second kappa shape index (κ2) is 6.85. The Hall–Kier alpha value is -1.40. The summed E-state index contributed by atoms with van der Waals surface area (Å²) >= 11 is 0. The van der Waals surface area contributed by atoms with Crippen molar-refractivity contribution >= 4 is 5.97 Å². The maximum absolute atomic E-state index is 12.0. The minimum absolute atomic E-state index is 0.147. The van der Waals surface area contributed by atoms with Crippen LogP contribution in [0.1, 0.15) is 38.1 Å². The first-order valence-electron chi connectivity index (χ1n) is 6.65. The number of aryl methyl sites for hydroxylation is 1. The van der Waals surface area contributed by atoms with Crippen molar-refractivity contribution in [2.45, 2.75) is 32.2 Å². The predicted molar refractivity (Wildman–Crippen MR) is 76.5 cm³/mol. The summed E-state index contributed by atoms with van der Waals surface area (Å²) in [5.74, 6) is -0.320. The Kier molecular flexibility index (Phi) is 5.71. The van der Waals surface area contributed by atoms with Crippen molar-refractivity contribution in [1.82, 2.24) is 15.1 Å². The maximum atomic E-state index is 12.0. The van der Waals surface area contributed by atoms with E-state index in [1.54, 1.807) is 11.8 Å². The second-order valence-corrected chi connectivity index (χ2v) is 5.76. The molecule has 114 valence electrons. The normalized spacial score (nSPS) is 13.3.